The molecule has 102 valence electrons. The van der Waals surface area contributed by atoms with Gasteiger partial charge in [0, 0.05) is 19.5 Å². The highest BCUT2D eigenvalue weighted by molar-refractivity contribution is 5.14. The summed E-state index contributed by atoms with van der Waals surface area (Å²) in [6, 6.07) is 10.1. The van der Waals surface area contributed by atoms with Gasteiger partial charge in [0.1, 0.15) is 0 Å². The van der Waals surface area contributed by atoms with Crippen molar-refractivity contribution in [1.29, 1.82) is 0 Å². The second kappa shape index (κ2) is 7.01. The average Bonchev–Trinajstić information content (AvgIpc) is 2.88. The second-order valence-corrected chi connectivity index (χ2v) is 4.38. The Kier molecular flexibility index (Phi) is 5.06. The van der Waals surface area contributed by atoms with E-state index >= 15 is 0 Å². The highest BCUT2D eigenvalue weighted by Gasteiger charge is 2.11. The van der Waals surface area contributed by atoms with Crippen LogP contribution in [0.1, 0.15) is 24.2 Å². The van der Waals surface area contributed by atoms with Crippen molar-refractivity contribution < 1.29 is 9.63 Å². The number of rotatable bonds is 7. The Morgan fingerprint density at radius 3 is 2.63 bits per heavy atom. The zero-order chi connectivity index (χ0) is 13.5. The molecule has 2 rings (SSSR count). The van der Waals surface area contributed by atoms with Crippen LogP contribution in [0, 0.1) is 0 Å². The Morgan fingerprint density at radius 1 is 1.21 bits per heavy atom. The third-order valence-corrected chi connectivity index (χ3v) is 2.84. The zero-order valence-corrected chi connectivity index (χ0v) is 11.1. The van der Waals surface area contributed by atoms with Gasteiger partial charge in [-0.3, -0.25) is 4.90 Å². The van der Waals surface area contributed by atoms with Crippen LogP contribution in [-0.2, 0) is 19.5 Å². The highest BCUT2D eigenvalue weighted by Crippen LogP contribution is 2.08. The third-order valence-electron chi connectivity index (χ3n) is 2.84. The number of aliphatic hydroxyl groups is 1. The number of hydrogen-bond donors (Lipinski definition) is 1. The highest BCUT2D eigenvalue weighted by atomic mass is 16.5. The van der Waals surface area contributed by atoms with Crippen molar-refractivity contribution in [3.8, 4) is 0 Å². The molecular formula is C14H19N3O2. The molecule has 1 N–H and O–H groups in total. The molecule has 0 aliphatic rings. The largest absolute Gasteiger partial charge is 0.395 e. The summed E-state index contributed by atoms with van der Waals surface area (Å²) in [5.74, 6) is 1.32. The Labute approximate surface area is 112 Å². The number of benzene rings is 1. The van der Waals surface area contributed by atoms with Gasteiger partial charge in [-0.15, -0.1) is 0 Å². The second-order valence-electron chi connectivity index (χ2n) is 4.38. The molecule has 1 aromatic carbocycles. The van der Waals surface area contributed by atoms with Crippen molar-refractivity contribution in [3.63, 3.8) is 0 Å². The van der Waals surface area contributed by atoms with Crippen molar-refractivity contribution in [1.82, 2.24) is 15.0 Å². The minimum atomic E-state index is 0.116. The Bertz CT molecular complexity index is 484. The predicted molar refractivity (Wildman–Crippen MR) is 71.3 cm³/mol. The van der Waals surface area contributed by atoms with Gasteiger partial charge in [0.25, 0.3) is 0 Å². The lowest BCUT2D eigenvalue weighted by Gasteiger charge is -2.19. The first-order valence-electron chi connectivity index (χ1n) is 6.50. The smallest absolute Gasteiger partial charge is 0.226 e. The first-order valence-corrected chi connectivity index (χ1v) is 6.50. The summed E-state index contributed by atoms with van der Waals surface area (Å²) in [7, 11) is 0. The molecule has 0 saturated carbocycles. The fraction of sp³-hybridized carbons (Fsp3) is 0.429. The Morgan fingerprint density at radius 2 is 2.00 bits per heavy atom. The number of aryl methyl sites for hydroxylation is 1. The molecule has 0 spiro atoms. The predicted octanol–water partition coefficient (Wildman–Crippen LogP) is 1.63. The van der Waals surface area contributed by atoms with Crippen molar-refractivity contribution in [2.24, 2.45) is 0 Å². The topological polar surface area (TPSA) is 62.4 Å². The van der Waals surface area contributed by atoms with Gasteiger partial charge in [0.15, 0.2) is 5.82 Å². The molecule has 0 saturated heterocycles. The zero-order valence-electron chi connectivity index (χ0n) is 11.1. The monoisotopic (exact) mass is 261 g/mol. The van der Waals surface area contributed by atoms with Gasteiger partial charge in [0.05, 0.1) is 13.2 Å². The van der Waals surface area contributed by atoms with Gasteiger partial charge in [-0.25, -0.2) is 0 Å². The Hall–Kier alpha value is -1.72. The standard InChI is InChI=1S/C14H19N3O2/c1-2-14-15-13(16-19-14)11-17(8-9-18)10-12-6-4-3-5-7-12/h3-7,18H,2,8-11H2,1H3. The molecule has 1 aromatic heterocycles. The van der Waals surface area contributed by atoms with Crippen LogP contribution >= 0.6 is 0 Å². The molecular weight excluding hydrogens is 242 g/mol. The van der Waals surface area contributed by atoms with Crippen LogP contribution in [0.5, 0.6) is 0 Å². The van der Waals surface area contributed by atoms with Gasteiger partial charge >= 0.3 is 0 Å². The van der Waals surface area contributed by atoms with Crippen LogP contribution in [-0.4, -0.2) is 33.3 Å². The van der Waals surface area contributed by atoms with E-state index in [1.165, 1.54) is 5.56 Å². The lowest BCUT2D eigenvalue weighted by atomic mass is 10.2. The van der Waals surface area contributed by atoms with Crippen molar-refractivity contribution >= 4 is 0 Å². The minimum Gasteiger partial charge on any atom is -0.395 e. The molecule has 2 aromatic rings. The van der Waals surface area contributed by atoms with Crippen LogP contribution in [0.15, 0.2) is 34.9 Å². The summed E-state index contributed by atoms with van der Waals surface area (Å²) in [5.41, 5.74) is 1.20. The molecule has 0 atom stereocenters. The third kappa shape index (κ3) is 4.15. The molecule has 0 fully saturated rings. The molecule has 5 nitrogen and oxygen atoms in total. The van der Waals surface area contributed by atoms with Crippen molar-refractivity contribution in [2.75, 3.05) is 13.2 Å². The quantitative estimate of drug-likeness (QED) is 0.820. The van der Waals surface area contributed by atoms with Crippen LogP contribution in [0.25, 0.3) is 0 Å². The van der Waals surface area contributed by atoms with Crippen LogP contribution in [0.2, 0.25) is 0 Å². The summed E-state index contributed by atoms with van der Waals surface area (Å²) in [5, 5.41) is 13.1. The molecule has 0 aliphatic heterocycles. The molecule has 1 heterocycles. The van der Waals surface area contributed by atoms with E-state index in [0.717, 1.165) is 13.0 Å². The van der Waals surface area contributed by atoms with Crippen molar-refractivity contribution in [3.05, 3.63) is 47.6 Å². The van der Waals surface area contributed by atoms with Gasteiger partial charge in [0.2, 0.25) is 5.89 Å². The van der Waals surface area contributed by atoms with E-state index in [1.54, 1.807) is 0 Å². The van der Waals surface area contributed by atoms with Gasteiger partial charge < -0.3 is 9.63 Å². The SMILES string of the molecule is CCc1nc(CN(CCO)Cc2ccccc2)no1. The summed E-state index contributed by atoms with van der Waals surface area (Å²) < 4.78 is 5.09. The van der Waals surface area contributed by atoms with E-state index in [0.29, 0.717) is 24.8 Å². The minimum absolute atomic E-state index is 0.116. The van der Waals surface area contributed by atoms with E-state index in [2.05, 4.69) is 27.2 Å². The summed E-state index contributed by atoms with van der Waals surface area (Å²) in [4.78, 5) is 6.39. The van der Waals surface area contributed by atoms with Crippen LogP contribution in [0.4, 0.5) is 0 Å². The number of nitrogens with zero attached hydrogens (tertiary/aromatic N) is 3. The first kappa shape index (κ1) is 13.7. The lowest BCUT2D eigenvalue weighted by Crippen LogP contribution is -2.26. The Balaban J connectivity index is 1.99. The molecule has 0 unspecified atom stereocenters. The number of aromatic nitrogens is 2. The summed E-state index contributed by atoms with van der Waals surface area (Å²) >= 11 is 0. The molecule has 0 amide bonds. The van der Waals surface area contributed by atoms with E-state index in [1.807, 2.05) is 25.1 Å². The average molecular weight is 261 g/mol. The van der Waals surface area contributed by atoms with E-state index in [9.17, 15) is 0 Å². The summed E-state index contributed by atoms with van der Waals surface area (Å²) in [6.07, 6.45) is 0.742. The van der Waals surface area contributed by atoms with Crippen molar-refractivity contribution in [2.45, 2.75) is 26.4 Å². The van der Waals surface area contributed by atoms with Gasteiger partial charge in [-0.05, 0) is 5.56 Å². The van der Waals surface area contributed by atoms with Gasteiger partial charge in [-0.2, -0.15) is 4.98 Å². The molecule has 0 aliphatic carbocycles. The molecule has 19 heavy (non-hydrogen) atoms. The molecule has 5 heteroatoms. The summed E-state index contributed by atoms with van der Waals surface area (Å²) in [6.45, 7) is 4.03. The molecule has 0 radical (unpaired) electrons. The van der Waals surface area contributed by atoms with E-state index in [-0.39, 0.29) is 6.61 Å². The van der Waals surface area contributed by atoms with Gasteiger partial charge in [-0.1, -0.05) is 42.4 Å². The van der Waals surface area contributed by atoms with Crippen LogP contribution in [0.3, 0.4) is 0 Å². The number of hydrogen-bond acceptors (Lipinski definition) is 5. The first-order chi connectivity index (χ1) is 9.31. The number of aliphatic hydroxyl groups excluding tert-OH is 1. The van der Waals surface area contributed by atoms with E-state index < -0.39 is 0 Å². The normalized spacial score (nSPS) is 11.1. The molecule has 0 bridgehead atoms. The maximum atomic E-state index is 9.14. The maximum absolute atomic E-state index is 9.14. The maximum Gasteiger partial charge on any atom is 0.226 e. The van der Waals surface area contributed by atoms with Crippen LogP contribution < -0.4 is 0 Å². The fourth-order valence-electron chi connectivity index (χ4n) is 1.90. The van der Waals surface area contributed by atoms with E-state index in [4.69, 9.17) is 9.63 Å². The lowest BCUT2D eigenvalue weighted by molar-refractivity contribution is 0.179. The fourth-order valence-corrected chi connectivity index (χ4v) is 1.90.